The molecule has 0 amide bonds. The summed E-state index contributed by atoms with van der Waals surface area (Å²) in [6, 6.07) is 51.1. The molecule has 0 unspecified atom stereocenters. The van der Waals surface area contributed by atoms with Gasteiger partial charge in [0.05, 0.1) is 0 Å². The normalized spacial score (nSPS) is 14.4. The number of hydrogen-bond donors (Lipinski definition) is 0. The van der Waals surface area contributed by atoms with Crippen LogP contribution in [0.3, 0.4) is 0 Å². The SMILES string of the molecule is O=C(C1=CN(c2ccccc2)C(c2ccccc2)(c2ccccc2)C=C1c1ccccc1)c1ccccc1. The quantitative estimate of drug-likeness (QED) is 0.224. The molecule has 182 valence electrons. The van der Waals surface area contributed by atoms with Crippen molar-refractivity contribution in [2.75, 3.05) is 4.90 Å². The molecule has 0 saturated carbocycles. The third kappa shape index (κ3) is 4.16. The van der Waals surface area contributed by atoms with Gasteiger partial charge in [0.2, 0.25) is 0 Å². The van der Waals surface area contributed by atoms with E-state index in [9.17, 15) is 4.79 Å². The number of benzene rings is 5. The van der Waals surface area contributed by atoms with Gasteiger partial charge in [0.1, 0.15) is 5.54 Å². The number of carbonyl (C=O) groups excluding carboxylic acids is 1. The van der Waals surface area contributed by atoms with Gasteiger partial charge in [-0.25, -0.2) is 0 Å². The molecule has 38 heavy (non-hydrogen) atoms. The van der Waals surface area contributed by atoms with Gasteiger partial charge in [0.25, 0.3) is 0 Å². The van der Waals surface area contributed by atoms with Crippen molar-refractivity contribution in [3.05, 3.63) is 192 Å². The minimum Gasteiger partial charge on any atom is -0.329 e. The Balaban J connectivity index is 1.69. The van der Waals surface area contributed by atoms with Crippen LogP contribution in [-0.4, -0.2) is 5.78 Å². The Morgan fingerprint density at radius 3 is 1.50 bits per heavy atom. The lowest BCUT2D eigenvalue weighted by molar-refractivity contribution is 0.103. The van der Waals surface area contributed by atoms with Crippen LogP contribution >= 0.6 is 0 Å². The first-order valence-electron chi connectivity index (χ1n) is 12.8. The highest BCUT2D eigenvalue weighted by atomic mass is 16.1. The number of anilines is 1. The molecule has 1 aliphatic rings. The first-order chi connectivity index (χ1) is 18.8. The first-order valence-corrected chi connectivity index (χ1v) is 12.8. The summed E-state index contributed by atoms with van der Waals surface area (Å²) in [6.07, 6.45) is 4.32. The maximum atomic E-state index is 14.1. The number of carbonyl (C=O) groups is 1. The predicted molar refractivity (Wildman–Crippen MR) is 156 cm³/mol. The Morgan fingerprint density at radius 2 is 0.974 bits per heavy atom. The molecule has 0 aromatic heterocycles. The molecule has 1 aliphatic heterocycles. The zero-order valence-electron chi connectivity index (χ0n) is 20.9. The largest absolute Gasteiger partial charge is 0.329 e. The second kappa shape index (κ2) is 10.2. The van der Waals surface area contributed by atoms with Crippen molar-refractivity contribution < 1.29 is 4.79 Å². The van der Waals surface area contributed by atoms with E-state index in [1.54, 1.807) is 0 Å². The molecular weight excluding hydrogens is 462 g/mol. The third-order valence-corrected chi connectivity index (χ3v) is 7.11. The molecule has 0 radical (unpaired) electrons. The molecule has 0 aliphatic carbocycles. The maximum Gasteiger partial charge on any atom is 0.195 e. The third-order valence-electron chi connectivity index (χ3n) is 7.11. The van der Waals surface area contributed by atoms with E-state index in [4.69, 9.17) is 0 Å². The fraction of sp³-hybridized carbons (Fsp3) is 0.0278. The zero-order chi connectivity index (χ0) is 25.8. The molecule has 0 bridgehead atoms. The fourth-order valence-electron chi connectivity index (χ4n) is 5.30. The van der Waals surface area contributed by atoms with E-state index >= 15 is 0 Å². The van der Waals surface area contributed by atoms with Crippen molar-refractivity contribution in [3.8, 4) is 0 Å². The van der Waals surface area contributed by atoms with Gasteiger partial charge in [-0.15, -0.1) is 0 Å². The highest BCUT2D eigenvalue weighted by Crippen LogP contribution is 2.47. The van der Waals surface area contributed by atoms with Gasteiger partial charge in [-0.3, -0.25) is 4.79 Å². The van der Waals surface area contributed by atoms with Crippen LogP contribution in [0.2, 0.25) is 0 Å². The minimum atomic E-state index is -0.685. The van der Waals surface area contributed by atoms with Gasteiger partial charge in [-0.05, 0) is 40.5 Å². The highest BCUT2D eigenvalue weighted by Gasteiger charge is 2.42. The summed E-state index contributed by atoms with van der Waals surface area (Å²) in [6.45, 7) is 0. The maximum absolute atomic E-state index is 14.1. The summed E-state index contributed by atoms with van der Waals surface area (Å²) < 4.78 is 0. The van der Waals surface area contributed by atoms with E-state index in [-0.39, 0.29) is 5.78 Å². The lowest BCUT2D eigenvalue weighted by Crippen LogP contribution is -2.45. The molecule has 6 rings (SSSR count). The second-order valence-corrected chi connectivity index (χ2v) is 9.37. The molecule has 0 saturated heterocycles. The van der Waals surface area contributed by atoms with E-state index in [2.05, 4.69) is 83.8 Å². The van der Waals surface area contributed by atoms with Crippen molar-refractivity contribution in [2.45, 2.75) is 5.54 Å². The standard InChI is InChI=1S/C36H27NO/c38-35(29-18-8-2-9-19-29)34-27-37(32-24-14-5-15-25-32)36(30-20-10-3-11-21-30,31-22-12-4-13-23-31)26-33(34)28-16-6-1-7-17-28/h1-27H. The number of allylic oxidation sites excluding steroid dienone is 2. The molecule has 5 aromatic carbocycles. The van der Waals surface area contributed by atoms with Crippen LogP contribution in [-0.2, 0) is 5.54 Å². The highest BCUT2D eigenvalue weighted by molar-refractivity contribution is 6.19. The Labute approximate surface area is 223 Å². The van der Waals surface area contributed by atoms with E-state index in [1.165, 1.54) is 0 Å². The average molecular weight is 490 g/mol. The van der Waals surface area contributed by atoms with Gasteiger partial charge in [-0.2, -0.15) is 0 Å². The average Bonchev–Trinajstić information content (AvgIpc) is 3.02. The monoisotopic (exact) mass is 489 g/mol. The molecule has 5 aromatic rings. The van der Waals surface area contributed by atoms with Crippen LogP contribution in [0.5, 0.6) is 0 Å². The van der Waals surface area contributed by atoms with Gasteiger partial charge >= 0.3 is 0 Å². The number of nitrogens with zero attached hydrogens (tertiary/aromatic N) is 1. The lowest BCUT2D eigenvalue weighted by atomic mass is 9.75. The van der Waals surface area contributed by atoms with E-state index in [1.807, 2.05) is 85.1 Å². The predicted octanol–water partition coefficient (Wildman–Crippen LogP) is 8.30. The number of para-hydroxylation sites is 1. The number of Topliss-reactive ketones (excluding diaryl/α,β-unsaturated/α-hetero) is 1. The minimum absolute atomic E-state index is 0.00337. The summed E-state index contributed by atoms with van der Waals surface area (Å²) in [5.74, 6) is -0.00337. The van der Waals surface area contributed by atoms with Crippen molar-refractivity contribution in [2.24, 2.45) is 0 Å². The second-order valence-electron chi connectivity index (χ2n) is 9.37. The van der Waals surface area contributed by atoms with E-state index in [0.29, 0.717) is 11.1 Å². The Morgan fingerprint density at radius 1 is 0.526 bits per heavy atom. The van der Waals surface area contributed by atoms with E-state index in [0.717, 1.165) is 28.0 Å². The zero-order valence-corrected chi connectivity index (χ0v) is 20.9. The Bertz CT molecular complexity index is 1550. The van der Waals surface area contributed by atoms with Gasteiger partial charge in [-0.1, -0.05) is 140 Å². The Kier molecular flexibility index (Phi) is 6.29. The number of rotatable bonds is 6. The van der Waals surface area contributed by atoms with Gasteiger partial charge in [0.15, 0.2) is 5.78 Å². The van der Waals surface area contributed by atoms with Crippen LogP contribution in [0.1, 0.15) is 27.0 Å². The van der Waals surface area contributed by atoms with Crippen LogP contribution in [0.25, 0.3) is 5.57 Å². The van der Waals surface area contributed by atoms with Crippen LogP contribution in [0, 0.1) is 0 Å². The molecule has 0 fully saturated rings. The fourth-order valence-corrected chi connectivity index (χ4v) is 5.30. The summed E-state index contributed by atoms with van der Waals surface area (Å²) >= 11 is 0. The Hall–Kier alpha value is -4.95. The van der Waals surface area contributed by atoms with Gasteiger partial charge < -0.3 is 4.90 Å². The van der Waals surface area contributed by atoms with Gasteiger partial charge in [0, 0.05) is 23.0 Å². The molecule has 0 N–H and O–H groups in total. The van der Waals surface area contributed by atoms with E-state index < -0.39 is 5.54 Å². The molecule has 0 atom stereocenters. The van der Waals surface area contributed by atoms with Crippen LogP contribution < -0.4 is 4.90 Å². The van der Waals surface area contributed by atoms with Crippen molar-refractivity contribution >= 4 is 17.0 Å². The summed E-state index contributed by atoms with van der Waals surface area (Å²) in [7, 11) is 0. The summed E-state index contributed by atoms with van der Waals surface area (Å²) in [5, 5.41) is 0. The topological polar surface area (TPSA) is 20.3 Å². The summed E-state index contributed by atoms with van der Waals surface area (Å²) in [4.78, 5) is 16.4. The van der Waals surface area contributed by atoms with Crippen molar-refractivity contribution in [3.63, 3.8) is 0 Å². The van der Waals surface area contributed by atoms with Crippen LogP contribution in [0.4, 0.5) is 5.69 Å². The van der Waals surface area contributed by atoms with Crippen LogP contribution in [0.15, 0.2) is 170 Å². The number of hydrogen-bond acceptors (Lipinski definition) is 2. The first kappa shape index (κ1) is 23.4. The molecule has 2 nitrogen and oxygen atoms in total. The van der Waals surface area contributed by atoms with Crippen molar-refractivity contribution in [1.82, 2.24) is 0 Å². The van der Waals surface area contributed by atoms with Crippen molar-refractivity contribution in [1.29, 1.82) is 0 Å². The lowest BCUT2D eigenvalue weighted by Gasteiger charge is -2.46. The molecule has 0 spiro atoms. The number of ketones is 1. The smallest absolute Gasteiger partial charge is 0.195 e. The molecule has 2 heteroatoms. The molecule has 1 heterocycles. The molecular formula is C36H27NO. The summed E-state index contributed by atoms with van der Waals surface area (Å²) in [5.41, 5.74) is 5.80.